The highest BCUT2D eigenvalue weighted by atomic mass is 16.2. The SMILES string of the molecule is CC(C)(C)CC(=O)N1CCCC(N2CCCCC(Nc3nccc(N4CCCCCC4)n3)C2)C1. The molecule has 0 bridgehead atoms. The zero-order valence-corrected chi connectivity index (χ0v) is 21.8. The summed E-state index contributed by atoms with van der Waals surface area (Å²) >= 11 is 0. The second-order valence-electron chi connectivity index (χ2n) is 11.8. The molecule has 3 fully saturated rings. The van der Waals surface area contributed by atoms with Gasteiger partial charge in [0.1, 0.15) is 5.82 Å². The second kappa shape index (κ2) is 11.7. The minimum Gasteiger partial charge on any atom is -0.356 e. The summed E-state index contributed by atoms with van der Waals surface area (Å²) in [4.78, 5) is 29.5. The van der Waals surface area contributed by atoms with E-state index in [1.54, 1.807) is 0 Å². The first-order chi connectivity index (χ1) is 16.4. The fourth-order valence-electron chi connectivity index (χ4n) is 5.74. The number of hydrogen-bond acceptors (Lipinski definition) is 6. The van der Waals surface area contributed by atoms with E-state index in [0.717, 1.165) is 63.9 Å². The second-order valence-corrected chi connectivity index (χ2v) is 11.8. The van der Waals surface area contributed by atoms with Gasteiger partial charge in [-0.15, -0.1) is 0 Å². The van der Waals surface area contributed by atoms with Crippen molar-refractivity contribution in [3.63, 3.8) is 0 Å². The van der Waals surface area contributed by atoms with Crippen LogP contribution in [0.5, 0.6) is 0 Å². The van der Waals surface area contributed by atoms with Gasteiger partial charge in [0.05, 0.1) is 0 Å². The third-order valence-corrected chi connectivity index (χ3v) is 7.55. The molecule has 1 amide bonds. The van der Waals surface area contributed by atoms with E-state index in [1.807, 2.05) is 6.20 Å². The lowest BCUT2D eigenvalue weighted by Gasteiger charge is -2.40. The molecular formula is C27H46N6O. The molecule has 0 saturated carbocycles. The summed E-state index contributed by atoms with van der Waals surface area (Å²) in [6, 6.07) is 2.87. The van der Waals surface area contributed by atoms with E-state index in [9.17, 15) is 4.79 Å². The van der Waals surface area contributed by atoms with Crippen molar-refractivity contribution in [1.29, 1.82) is 0 Å². The summed E-state index contributed by atoms with van der Waals surface area (Å²) in [5.74, 6) is 2.14. The number of nitrogens with one attached hydrogen (secondary N) is 1. The average molecular weight is 471 g/mol. The fraction of sp³-hybridized carbons (Fsp3) is 0.815. The van der Waals surface area contributed by atoms with Crippen molar-refractivity contribution in [2.24, 2.45) is 5.41 Å². The molecule has 0 radical (unpaired) electrons. The number of nitrogens with zero attached hydrogens (tertiary/aromatic N) is 5. The maximum absolute atomic E-state index is 12.9. The Morgan fingerprint density at radius 2 is 1.74 bits per heavy atom. The Bertz CT molecular complexity index is 786. The topological polar surface area (TPSA) is 64.6 Å². The molecule has 3 aliphatic heterocycles. The smallest absolute Gasteiger partial charge is 0.224 e. The molecule has 3 aliphatic rings. The van der Waals surface area contributed by atoms with Gasteiger partial charge in [-0.25, -0.2) is 4.98 Å². The van der Waals surface area contributed by atoms with Crippen molar-refractivity contribution >= 4 is 17.7 Å². The van der Waals surface area contributed by atoms with E-state index in [0.29, 0.717) is 24.4 Å². The molecule has 2 unspecified atom stereocenters. The highest BCUT2D eigenvalue weighted by Crippen LogP contribution is 2.25. The molecule has 190 valence electrons. The molecule has 4 rings (SSSR count). The van der Waals surface area contributed by atoms with Gasteiger partial charge in [0.15, 0.2) is 0 Å². The van der Waals surface area contributed by atoms with Gasteiger partial charge < -0.3 is 15.1 Å². The number of anilines is 2. The summed E-state index contributed by atoms with van der Waals surface area (Å²) < 4.78 is 0. The lowest BCUT2D eigenvalue weighted by atomic mass is 9.91. The number of aromatic nitrogens is 2. The molecule has 4 heterocycles. The number of carbonyl (C=O) groups excluding carboxylic acids is 1. The number of carbonyl (C=O) groups is 1. The molecule has 1 aromatic heterocycles. The van der Waals surface area contributed by atoms with E-state index in [-0.39, 0.29) is 5.41 Å². The molecule has 3 saturated heterocycles. The zero-order chi connectivity index (χ0) is 24.0. The predicted octanol–water partition coefficient (Wildman–Crippen LogP) is 4.55. The molecule has 2 atom stereocenters. The van der Waals surface area contributed by atoms with Gasteiger partial charge in [-0.2, -0.15) is 4.98 Å². The van der Waals surface area contributed by atoms with Crippen molar-refractivity contribution in [3.8, 4) is 0 Å². The first-order valence-electron chi connectivity index (χ1n) is 13.7. The molecule has 7 nitrogen and oxygen atoms in total. The van der Waals surface area contributed by atoms with Gasteiger partial charge in [-0.3, -0.25) is 9.69 Å². The average Bonchev–Trinajstić information content (AvgIpc) is 3.22. The molecule has 7 heteroatoms. The first-order valence-corrected chi connectivity index (χ1v) is 13.7. The molecule has 0 aliphatic carbocycles. The zero-order valence-electron chi connectivity index (χ0n) is 21.8. The van der Waals surface area contributed by atoms with Gasteiger partial charge in [0.2, 0.25) is 11.9 Å². The van der Waals surface area contributed by atoms with Crippen LogP contribution in [0.25, 0.3) is 0 Å². The highest BCUT2D eigenvalue weighted by molar-refractivity contribution is 5.77. The lowest BCUT2D eigenvalue weighted by Crippen LogP contribution is -2.52. The van der Waals surface area contributed by atoms with Gasteiger partial charge in [-0.1, -0.05) is 40.0 Å². The van der Waals surface area contributed by atoms with Crippen molar-refractivity contribution in [2.75, 3.05) is 49.5 Å². The Balaban J connectivity index is 1.36. The molecule has 0 spiro atoms. The van der Waals surface area contributed by atoms with Crippen LogP contribution in [-0.2, 0) is 4.79 Å². The Morgan fingerprint density at radius 3 is 2.50 bits per heavy atom. The largest absolute Gasteiger partial charge is 0.356 e. The van der Waals surface area contributed by atoms with Crippen molar-refractivity contribution in [2.45, 2.75) is 97.1 Å². The van der Waals surface area contributed by atoms with E-state index >= 15 is 0 Å². The Hall–Kier alpha value is -1.89. The first kappa shape index (κ1) is 25.2. The van der Waals surface area contributed by atoms with Crippen LogP contribution in [-0.4, -0.2) is 77.0 Å². The molecule has 34 heavy (non-hydrogen) atoms. The van der Waals surface area contributed by atoms with Gasteiger partial charge >= 0.3 is 0 Å². The standard InChI is InChI=1S/C27H46N6O/c1-27(2,3)19-25(34)33-18-10-12-23(21-33)32-17-9-6-11-22(20-32)29-26-28-14-13-24(30-26)31-15-7-4-5-8-16-31/h13-14,22-23H,4-12,15-21H2,1-3H3,(H,28,29,30). The van der Waals surface area contributed by atoms with Crippen LogP contribution < -0.4 is 10.2 Å². The number of piperidine rings is 1. The lowest BCUT2D eigenvalue weighted by molar-refractivity contribution is -0.135. The quantitative estimate of drug-likeness (QED) is 0.681. The number of hydrogen-bond donors (Lipinski definition) is 1. The minimum absolute atomic E-state index is 0.0451. The van der Waals surface area contributed by atoms with E-state index in [1.165, 1.54) is 44.9 Å². The van der Waals surface area contributed by atoms with Crippen LogP contribution in [0.15, 0.2) is 12.3 Å². The Morgan fingerprint density at radius 1 is 0.971 bits per heavy atom. The monoisotopic (exact) mass is 470 g/mol. The summed E-state index contributed by atoms with van der Waals surface area (Å²) in [5.41, 5.74) is 0.0451. The third-order valence-electron chi connectivity index (χ3n) is 7.55. The molecule has 1 N–H and O–H groups in total. The van der Waals surface area contributed by atoms with Crippen LogP contribution in [0.4, 0.5) is 11.8 Å². The summed E-state index contributed by atoms with van der Waals surface area (Å²) in [7, 11) is 0. The van der Waals surface area contributed by atoms with Crippen LogP contribution in [0.2, 0.25) is 0 Å². The number of likely N-dealkylation sites (tertiary alicyclic amines) is 2. The van der Waals surface area contributed by atoms with Crippen molar-refractivity contribution in [3.05, 3.63) is 12.3 Å². The Labute approximate surface area is 206 Å². The number of rotatable bonds is 5. The minimum atomic E-state index is 0.0451. The van der Waals surface area contributed by atoms with Gasteiger partial charge in [0.25, 0.3) is 0 Å². The molecule has 0 aromatic carbocycles. The highest BCUT2D eigenvalue weighted by Gasteiger charge is 2.31. The third kappa shape index (κ3) is 7.30. The number of amides is 1. The van der Waals surface area contributed by atoms with Crippen molar-refractivity contribution < 1.29 is 4.79 Å². The van der Waals surface area contributed by atoms with Crippen LogP contribution >= 0.6 is 0 Å². The summed E-state index contributed by atoms with van der Waals surface area (Å²) in [5, 5.41) is 3.68. The maximum Gasteiger partial charge on any atom is 0.224 e. The summed E-state index contributed by atoms with van der Waals surface area (Å²) in [6.07, 6.45) is 13.6. The fourth-order valence-corrected chi connectivity index (χ4v) is 5.74. The summed E-state index contributed by atoms with van der Waals surface area (Å²) in [6.45, 7) is 12.6. The van der Waals surface area contributed by atoms with Gasteiger partial charge in [-0.05, 0) is 56.6 Å². The molecule has 1 aromatic rings. The normalized spacial score (nSPS) is 25.5. The predicted molar refractivity (Wildman–Crippen MR) is 139 cm³/mol. The van der Waals surface area contributed by atoms with Crippen LogP contribution in [0.3, 0.4) is 0 Å². The van der Waals surface area contributed by atoms with E-state index in [2.05, 4.69) is 51.8 Å². The van der Waals surface area contributed by atoms with Gasteiger partial charge in [0, 0.05) is 57.4 Å². The van der Waals surface area contributed by atoms with Crippen LogP contribution in [0.1, 0.15) is 85.0 Å². The Kier molecular flexibility index (Phi) is 8.67. The van der Waals surface area contributed by atoms with Crippen LogP contribution in [0, 0.1) is 5.41 Å². The van der Waals surface area contributed by atoms with Crippen molar-refractivity contribution in [1.82, 2.24) is 19.8 Å². The van der Waals surface area contributed by atoms with E-state index < -0.39 is 0 Å². The maximum atomic E-state index is 12.9. The molecular weight excluding hydrogens is 424 g/mol. The van der Waals surface area contributed by atoms with E-state index in [4.69, 9.17) is 4.98 Å².